The van der Waals surface area contributed by atoms with Gasteiger partial charge in [-0.2, -0.15) is 0 Å². The molecule has 6 heteroatoms. The Labute approximate surface area is 171 Å². The highest BCUT2D eigenvalue weighted by molar-refractivity contribution is 7.80. The fourth-order valence-electron chi connectivity index (χ4n) is 4.15. The van der Waals surface area contributed by atoms with Crippen molar-refractivity contribution in [3.8, 4) is 17.2 Å². The summed E-state index contributed by atoms with van der Waals surface area (Å²) in [5.41, 5.74) is 3.14. The van der Waals surface area contributed by atoms with E-state index in [1.807, 2.05) is 12.1 Å². The third-order valence-electron chi connectivity index (χ3n) is 5.64. The molecular formula is C22H26N2O3S. The van der Waals surface area contributed by atoms with E-state index >= 15 is 0 Å². The zero-order valence-corrected chi connectivity index (χ0v) is 17.6. The number of aryl methyl sites for hydroxylation is 1. The lowest BCUT2D eigenvalue weighted by atomic mass is 9.89. The molecule has 0 spiro atoms. The summed E-state index contributed by atoms with van der Waals surface area (Å²) >= 11 is 5.71. The second kappa shape index (κ2) is 7.17. The van der Waals surface area contributed by atoms with Gasteiger partial charge in [-0.05, 0) is 56.2 Å². The van der Waals surface area contributed by atoms with Crippen molar-refractivity contribution in [3.63, 3.8) is 0 Å². The molecule has 148 valence electrons. The van der Waals surface area contributed by atoms with Gasteiger partial charge in [-0.15, -0.1) is 0 Å². The maximum absolute atomic E-state index is 6.45. The lowest BCUT2D eigenvalue weighted by Crippen LogP contribution is -2.64. The van der Waals surface area contributed by atoms with Gasteiger partial charge < -0.3 is 24.4 Å². The first-order valence-corrected chi connectivity index (χ1v) is 9.93. The first-order valence-electron chi connectivity index (χ1n) is 9.52. The van der Waals surface area contributed by atoms with Crippen LogP contribution in [0.3, 0.4) is 0 Å². The van der Waals surface area contributed by atoms with Crippen molar-refractivity contribution in [1.82, 2.24) is 10.2 Å². The molecule has 2 aliphatic rings. The first kappa shape index (κ1) is 18.9. The molecule has 0 radical (unpaired) electrons. The van der Waals surface area contributed by atoms with Crippen molar-refractivity contribution in [2.45, 2.75) is 38.5 Å². The van der Waals surface area contributed by atoms with Crippen LogP contribution in [0.25, 0.3) is 0 Å². The lowest BCUT2D eigenvalue weighted by Gasteiger charge is -2.52. The van der Waals surface area contributed by atoms with Crippen LogP contribution >= 0.6 is 12.2 Å². The van der Waals surface area contributed by atoms with Crippen LogP contribution in [0.15, 0.2) is 36.4 Å². The average molecular weight is 399 g/mol. The van der Waals surface area contributed by atoms with E-state index in [-0.39, 0.29) is 6.04 Å². The molecule has 28 heavy (non-hydrogen) atoms. The van der Waals surface area contributed by atoms with E-state index < -0.39 is 5.72 Å². The number of rotatable bonds is 5. The second-order valence-electron chi connectivity index (χ2n) is 7.62. The molecule has 1 saturated heterocycles. The predicted octanol–water partition coefficient (Wildman–Crippen LogP) is 3.98. The van der Waals surface area contributed by atoms with Gasteiger partial charge in [0.15, 0.2) is 22.3 Å². The zero-order valence-electron chi connectivity index (χ0n) is 16.7. The Bertz CT molecular complexity index is 917. The molecule has 4 rings (SSSR count). The van der Waals surface area contributed by atoms with E-state index in [1.54, 1.807) is 14.2 Å². The number of thiocarbonyl (C=S) groups is 1. The first-order chi connectivity index (χ1) is 13.4. The third-order valence-corrected chi connectivity index (χ3v) is 5.98. The minimum absolute atomic E-state index is 0.193. The fraction of sp³-hybridized carbons (Fsp3) is 0.409. The summed E-state index contributed by atoms with van der Waals surface area (Å²) in [6.07, 6.45) is 1.68. The number of nitrogens with zero attached hydrogens (tertiary/aromatic N) is 1. The molecule has 1 fully saturated rings. The third kappa shape index (κ3) is 3.26. The molecule has 2 aromatic carbocycles. The largest absolute Gasteiger partial charge is 0.493 e. The summed E-state index contributed by atoms with van der Waals surface area (Å²) in [6.45, 7) is 4.99. The van der Waals surface area contributed by atoms with Gasteiger partial charge in [-0.25, -0.2) is 0 Å². The molecule has 2 aliphatic heterocycles. The smallest absolute Gasteiger partial charge is 0.184 e. The topological polar surface area (TPSA) is 43.0 Å². The number of hydrogen-bond acceptors (Lipinski definition) is 4. The van der Waals surface area contributed by atoms with Crippen LogP contribution in [-0.4, -0.2) is 36.5 Å². The van der Waals surface area contributed by atoms with Crippen LogP contribution in [0, 0.1) is 6.92 Å². The summed E-state index contributed by atoms with van der Waals surface area (Å²) in [5, 5.41) is 4.26. The Kier molecular flexibility index (Phi) is 4.83. The van der Waals surface area contributed by atoms with Crippen LogP contribution < -0.4 is 19.5 Å². The standard InChI is InChI=1S/C22H26N2O3S/c1-14-5-7-18-16(11-14)17-13-22(2,27-18)24(21(28)23-17)10-9-15-6-8-19(25-3)20(12-15)26-4/h5-8,11-12,17H,9-10,13H2,1-4H3,(H,23,28). The van der Waals surface area contributed by atoms with Crippen LogP contribution in [0.4, 0.5) is 0 Å². The van der Waals surface area contributed by atoms with Crippen LogP contribution in [0.5, 0.6) is 17.2 Å². The predicted molar refractivity (Wildman–Crippen MR) is 113 cm³/mol. The maximum Gasteiger partial charge on any atom is 0.184 e. The highest BCUT2D eigenvalue weighted by Gasteiger charge is 2.47. The van der Waals surface area contributed by atoms with Gasteiger partial charge in [-0.1, -0.05) is 23.8 Å². The van der Waals surface area contributed by atoms with E-state index in [9.17, 15) is 0 Å². The van der Waals surface area contributed by atoms with Gasteiger partial charge in [0.2, 0.25) is 0 Å². The van der Waals surface area contributed by atoms with Gasteiger partial charge in [-0.3, -0.25) is 0 Å². The van der Waals surface area contributed by atoms with Gasteiger partial charge in [0.05, 0.1) is 20.3 Å². The molecule has 0 amide bonds. The number of fused-ring (bicyclic) bond motifs is 4. The van der Waals surface area contributed by atoms with Gasteiger partial charge in [0.25, 0.3) is 0 Å². The Morgan fingerprint density at radius 3 is 2.71 bits per heavy atom. The van der Waals surface area contributed by atoms with Crippen molar-refractivity contribution in [3.05, 3.63) is 53.1 Å². The van der Waals surface area contributed by atoms with Crippen molar-refractivity contribution in [2.24, 2.45) is 0 Å². The summed E-state index contributed by atoms with van der Waals surface area (Å²) in [4.78, 5) is 2.17. The van der Waals surface area contributed by atoms with Gasteiger partial charge >= 0.3 is 0 Å². The van der Waals surface area contributed by atoms with Crippen LogP contribution in [-0.2, 0) is 6.42 Å². The van der Waals surface area contributed by atoms with E-state index in [2.05, 4.69) is 48.3 Å². The second-order valence-corrected chi connectivity index (χ2v) is 8.00. The van der Waals surface area contributed by atoms with E-state index in [1.165, 1.54) is 11.1 Å². The number of hydrogen-bond donors (Lipinski definition) is 1. The molecule has 2 aromatic rings. The minimum Gasteiger partial charge on any atom is -0.493 e. The maximum atomic E-state index is 6.45. The molecule has 0 saturated carbocycles. The van der Waals surface area contributed by atoms with E-state index in [0.29, 0.717) is 0 Å². The summed E-state index contributed by atoms with van der Waals surface area (Å²) < 4.78 is 17.2. The zero-order chi connectivity index (χ0) is 19.9. The number of benzene rings is 2. The van der Waals surface area contributed by atoms with Crippen molar-refractivity contribution in [1.29, 1.82) is 0 Å². The van der Waals surface area contributed by atoms with Gasteiger partial charge in [0, 0.05) is 18.5 Å². The molecule has 2 atom stereocenters. The molecular weight excluding hydrogens is 372 g/mol. The Morgan fingerprint density at radius 1 is 1.18 bits per heavy atom. The number of methoxy groups -OCH3 is 2. The quantitative estimate of drug-likeness (QED) is 0.769. The Morgan fingerprint density at radius 2 is 1.96 bits per heavy atom. The SMILES string of the molecule is COc1ccc(CCN2C(=S)NC3CC2(C)Oc2ccc(C)cc23)cc1OC. The molecule has 2 bridgehead atoms. The molecule has 1 N–H and O–H groups in total. The lowest BCUT2D eigenvalue weighted by molar-refractivity contribution is -0.0676. The highest BCUT2D eigenvalue weighted by atomic mass is 32.1. The summed E-state index contributed by atoms with van der Waals surface area (Å²) in [7, 11) is 3.30. The summed E-state index contributed by atoms with van der Waals surface area (Å²) in [6, 6.07) is 12.6. The molecule has 0 aromatic heterocycles. The van der Waals surface area contributed by atoms with Crippen molar-refractivity contribution >= 4 is 17.3 Å². The number of ether oxygens (including phenoxy) is 3. The van der Waals surface area contributed by atoms with Crippen LogP contribution in [0.1, 0.15) is 36.1 Å². The number of nitrogens with one attached hydrogen (secondary N) is 1. The normalized spacial score (nSPS) is 22.8. The van der Waals surface area contributed by atoms with E-state index in [4.69, 9.17) is 26.4 Å². The van der Waals surface area contributed by atoms with Crippen molar-refractivity contribution < 1.29 is 14.2 Å². The Hall–Kier alpha value is -2.47. The molecule has 0 aliphatic carbocycles. The van der Waals surface area contributed by atoms with Crippen LogP contribution in [0.2, 0.25) is 0 Å². The minimum atomic E-state index is -0.453. The van der Waals surface area contributed by atoms with Crippen molar-refractivity contribution in [2.75, 3.05) is 20.8 Å². The highest BCUT2D eigenvalue weighted by Crippen LogP contribution is 2.44. The van der Waals surface area contributed by atoms with E-state index in [0.717, 1.165) is 47.3 Å². The molecule has 2 heterocycles. The monoisotopic (exact) mass is 398 g/mol. The average Bonchev–Trinajstić information content (AvgIpc) is 2.67. The molecule has 5 nitrogen and oxygen atoms in total. The fourth-order valence-corrected chi connectivity index (χ4v) is 4.58. The Balaban J connectivity index is 1.55. The van der Waals surface area contributed by atoms with Gasteiger partial charge in [0.1, 0.15) is 5.75 Å². The summed E-state index contributed by atoms with van der Waals surface area (Å²) in [5.74, 6) is 2.41. The molecule has 2 unspecified atom stereocenters.